The van der Waals surface area contributed by atoms with Gasteiger partial charge in [-0.15, -0.1) is 0 Å². The molecule has 0 bridgehead atoms. The molecule has 0 aromatic carbocycles. The molecule has 0 unspecified atom stereocenters. The maximum atomic E-state index is 13.1. The Bertz CT molecular complexity index is 1150. The predicted octanol–water partition coefficient (Wildman–Crippen LogP) is 3.24. The number of rotatable bonds is 7. The summed E-state index contributed by atoms with van der Waals surface area (Å²) in [4.78, 5) is 44.0. The number of pyridine rings is 1. The van der Waals surface area contributed by atoms with Gasteiger partial charge in [0, 0.05) is 45.3 Å². The lowest BCUT2D eigenvalue weighted by molar-refractivity contribution is -0.122. The lowest BCUT2D eigenvalue weighted by atomic mass is 10.0. The molecule has 9 nitrogen and oxygen atoms in total. The number of anilines is 1. The highest BCUT2D eigenvalue weighted by molar-refractivity contribution is 8.26. The molecule has 2 fully saturated rings. The monoisotopic (exact) mass is 517 g/mol. The molecule has 0 aliphatic carbocycles. The number of ether oxygens (including phenoxy) is 1. The van der Waals surface area contributed by atoms with Gasteiger partial charge >= 0.3 is 6.09 Å². The fourth-order valence-corrected chi connectivity index (χ4v) is 5.54. The van der Waals surface area contributed by atoms with E-state index in [1.54, 1.807) is 36.8 Å². The number of thioether (sulfide) groups is 1. The van der Waals surface area contributed by atoms with E-state index in [0.717, 1.165) is 19.3 Å². The van der Waals surface area contributed by atoms with E-state index < -0.39 is 5.56 Å². The van der Waals surface area contributed by atoms with Gasteiger partial charge in [-0.3, -0.25) is 19.1 Å². The standard InChI is InChI=1S/C24H31N5O4S2/c1-5-7-8-9-29-22(31)19(35-24(29)34)14-17-16(3)18(15-25)21(30)26(4)20(17)27-10-12-28(13-11-27)23(32)33-6-2/h14H,5-13H2,1-4H3/b19-14-. The first-order valence-corrected chi connectivity index (χ1v) is 13.0. The fraction of sp³-hybridized carbons (Fsp3) is 0.542. The largest absolute Gasteiger partial charge is 0.450 e. The van der Waals surface area contributed by atoms with Gasteiger partial charge in [-0.2, -0.15) is 5.26 Å². The number of unbranched alkanes of at least 4 members (excludes halogenated alkanes) is 2. The molecule has 2 saturated heterocycles. The molecule has 0 N–H and O–H groups in total. The zero-order chi connectivity index (χ0) is 25.7. The van der Waals surface area contributed by atoms with E-state index >= 15 is 0 Å². The number of hydrogen-bond donors (Lipinski definition) is 0. The summed E-state index contributed by atoms with van der Waals surface area (Å²) >= 11 is 6.71. The molecule has 0 radical (unpaired) electrons. The van der Waals surface area contributed by atoms with Crippen LogP contribution in [-0.4, -0.2) is 70.0 Å². The zero-order valence-corrected chi connectivity index (χ0v) is 22.3. The van der Waals surface area contributed by atoms with Crippen molar-refractivity contribution in [3.8, 4) is 6.07 Å². The van der Waals surface area contributed by atoms with Gasteiger partial charge < -0.3 is 14.5 Å². The van der Waals surface area contributed by atoms with Crippen molar-refractivity contribution in [1.82, 2.24) is 14.4 Å². The Morgan fingerprint density at radius 3 is 2.49 bits per heavy atom. The Morgan fingerprint density at radius 1 is 1.20 bits per heavy atom. The number of nitrogens with zero attached hydrogens (tertiary/aromatic N) is 5. The summed E-state index contributed by atoms with van der Waals surface area (Å²) in [7, 11) is 1.63. The molecule has 0 spiro atoms. The summed E-state index contributed by atoms with van der Waals surface area (Å²) < 4.78 is 7.08. The van der Waals surface area contributed by atoms with Crippen molar-refractivity contribution in [2.45, 2.75) is 40.0 Å². The van der Waals surface area contributed by atoms with Crippen LogP contribution in [0.4, 0.5) is 10.6 Å². The second-order valence-corrected chi connectivity index (χ2v) is 10.1. The number of piperazine rings is 1. The average Bonchev–Trinajstić information content (AvgIpc) is 3.11. The number of carbonyl (C=O) groups is 2. The normalized spacial score (nSPS) is 17.3. The van der Waals surface area contributed by atoms with Crippen molar-refractivity contribution >= 4 is 52.2 Å². The first-order chi connectivity index (χ1) is 16.7. The Labute approximate surface area is 215 Å². The number of amides is 2. The highest BCUT2D eigenvalue weighted by atomic mass is 32.2. The summed E-state index contributed by atoms with van der Waals surface area (Å²) in [6, 6.07) is 2.02. The molecule has 2 aliphatic heterocycles. The lowest BCUT2D eigenvalue weighted by Gasteiger charge is -2.37. The molecule has 1 aromatic rings. The number of aromatic nitrogens is 1. The third kappa shape index (κ3) is 5.54. The third-order valence-electron chi connectivity index (χ3n) is 6.21. The van der Waals surface area contributed by atoms with Crippen LogP contribution in [-0.2, 0) is 16.6 Å². The molecule has 188 valence electrons. The van der Waals surface area contributed by atoms with Crippen LogP contribution in [0, 0.1) is 18.3 Å². The second-order valence-electron chi connectivity index (χ2n) is 8.43. The van der Waals surface area contributed by atoms with E-state index in [1.165, 1.54) is 16.3 Å². The highest BCUT2D eigenvalue weighted by Gasteiger charge is 2.33. The van der Waals surface area contributed by atoms with Crippen LogP contribution < -0.4 is 10.5 Å². The predicted molar refractivity (Wildman–Crippen MR) is 141 cm³/mol. The van der Waals surface area contributed by atoms with Crippen molar-refractivity contribution in [3.05, 3.63) is 31.9 Å². The zero-order valence-electron chi connectivity index (χ0n) is 20.6. The molecule has 3 heterocycles. The second kappa shape index (κ2) is 11.7. The number of thiocarbonyl (C=S) groups is 1. The lowest BCUT2D eigenvalue weighted by Crippen LogP contribution is -2.50. The van der Waals surface area contributed by atoms with E-state index in [-0.39, 0.29) is 17.6 Å². The van der Waals surface area contributed by atoms with E-state index in [0.29, 0.717) is 65.5 Å². The fourth-order valence-electron chi connectivity index (χ4n) is 4.25. The molecule has 35 heavy (non-hydrogen) atoms. The van der Waals surface area contributed by atoms with Crippen LogP contribution in [0.25, 0.3) is 6.08 Å². The molecule has 1 aromatic heterocycles. The summed E-state index contributed by atoms with van der Waals surface area (Å²) in [5.41, 5.74) is 0.820. The number of hydrogen-bond acceptors (Lipinski definition) is 8. The Morgan fingerprint density at radius 2 is 1.89 bits per heavy atom. The smallest absolute Gasteiger partial charge is 0.409 e. The van der Waals surface area contributed by atoms with Crippen molar-refractivity contribution in [1.29, 1.82) is 5.26 Å². The molecule has 11 heteroatoms. The first kappa shape index (κ1) is 26.8. The molecular formula is C24H31N5O4S2. The van der Waals surface area contributed by atoms with Crippen molar-refractivity contribution in [3.63, 3.8) is 0 Å². The van der Waals surface area contributed by atoms with Crippen LogP contribution >= 0.6 is 24.0 Å². The van der Waals surface area contributed by atoms with Crippen LogP contribution in [0.2, 0.25) is 0 Å². The van der Waals surface area contributed by atoms with Crippen molar-refractivity contribution < 1.29 is 14.3 Å². The SMILES string of the molecule is CCCCCN1C(=O)/C(=C/c2c(C)c(C#N)c(=O)n(C)c2N2CCN(C(=O)OCC)CC2)SC1=S. The third-order valence-corrected chi connectivity index (χ3v) is 7.59. The summed E-state index contributed by atoms with van der Waals surface area (Å²) in [5.74, 6) is 0.465. The van der Waals surface area contributed by atoms with Gasteiger partial charge in [-0.1, -0.05) is 43.7 Å². The molecule has 0 saturated carbocycles. The minimum absolute atomic E-state index is 0.0473. The van der Waals surface area contributed by atoms with Gasteiger partial charge in [0.25, 0.3) is 11.5 Å². The van der Waals surface area contributed by atoms with Gasteiger partial charge in [-0.05, 0) is 31.9 Å². The van der Waals surface area contributed by atoms with Crippen molar-refractivity contribution in [2.24, 2.45) is 7.05 Å². The Balaban J connectivity index is 1.99. The maximum Gasteiger partial charge on any atom is 0.409 e. The molecule has 2 amide bonds. The van der Waals surface area contributed by atoms with E-state index in [9.17, 15) is 19.6 Å². The summed E-state index contributed by atoms with van der Waals surface area (Å²) in [6.45, 7) is 8.32. The van der Waals surface area contributed by atoms with Crippen LogP contribution in [0.3, 0.4) is 0 Å². The molecule has 2 aliphatic rings. The minimum atomic E-state index is -0.392. The maximum absolute atomic E-state index is 13.1. The van der Waals surface area contributed by atoms with Crippen LogP contribution in [0.5, 0.6) is 0 Å². The van der Waals surface area contributed by atoms with Crippen LogP contribution in [0.1, 0.15) is 49.8 Å². The van der Waals surface area contributed by atoms with E-state index in [2.05, 4.69) is 6.92 Å². The van der Waals surface area contributed by atoms with E-state index in [4.69, 9.17) is 17.0 Å². The summed E-state index contributed by atoms with van der Waals surface area (Å²) in [5, 5.41) is 9.66. The average molecular weight is 518 g/mol. The van der Waals surface area contributed by atoms with Crippen LogP contribution in [0.15, 0.2) is 9.70 Å². The van der Waals surface area contributed by atoms with Gasteiger partial charge in [0.2, 0.25) is 0 Å². The number of nitriles is 1. The molecular weight excluding hydrogens is 486 g/mol. The topological polar surface area (TPSA) is 98.9 Å². The molecule has 3 rings (SSSR count). The van der Waals surface area contributed by atoms with Crippen molar-refractivity contribution in [2.75, 3.05) is 44.2 Å². The van der Waals surface area contributed by atoms with Gasteiger partial charge in [0.05, 0.1) is 11.5 Å². The Hall–Kier alpha value is -2.84. The van der Waals surface area contributed by atoms with E-state index in [1.807, 2.05) is 11.0 Å². The van der Waals surface area contributed by atoms with Gasteiger partial charge in [0.1, 0.15) is 21.8 Å². The summed E-state index contributed by atoms with van der Waals surface area (Å²) in [6.07, 6.45) is 4.34. The van der Waals surface area contributed by atoms with Gasteiger partial charge in [0.15, 0.2) is 0 Å². The number of carbonyl (C=O) groups excluding carboxylic acids is 2. The first-order valence-electron chi connectivity index (χ1n) is 11.8. The van der Waals surface area contributed by atoms with Gasteiger partial charge in [-0.25, -0.2) is 4.79 Å². The highest BCUT2D eigenvalue weighted by Crippen LogP contribution is 2.36. The Kier molecular flexibility index (Phi) is 8.97. The molecule has 0 atom stereocenters. The minimum Gasteiger partial charge on any atom is -0.450 e. The quantitative estimate of drug-likeness (QED) is 0.309.